The second-order valence-corrected chi connectivity index (χ2v) is 5.11. The monoisotopic (exact) mass is 301 g/mol. The van der Waals surface area contributed by atoms with Gasteiger partial charge in [-0.05, 0) is 36.4 Å². The summed E-state index contributed by atoms with van der Waals surface area (Å²) in [6, 6.07) is 22.0. The lowest BCUT2D eigenvalue weighted by molar-refractivity contribution is 1.06. The summed E-state index contributed by atoms with van der Waals surface area (Å²) in [5.74, 6) is 0.625. The van der Waals surface area contributed by atoms with Crippen LogP contribution in [-0.4, -0.2) is 20.7 Å². The minimum Gasteiger partial charge on any atom is -0.323 e. The van der Waals surface area contributed by atoms with Gasteiger partial charge in [0.15, 0.2) is 0 Å². The fraction of sp³-hybridized carbons (Fsp3) is 0. The van der Waals surface area contributed by atoms with E-state index < -0.39 is 0 Å². The zero-order valence-electron chi connectivity index (χ0n) is 12.3. The second kappa shape index (κ2) is 5.81. The summed E-state index contributed by atoms with van der Waals surface area (Å²) in [5.41, 5.74) is 6.92. The molecule has 0 radical (unpaired) electrons. The SMILES string of the molecule is C(=NNc1nc2ccccc2[nH]1)c1cccn1-c1ccccc1. The largest absolute Gasteiger partial charge is 0.323 e. The molecule has 0 fully saturated rings. The Morgan fingerprint density at radius 1 is 0.957 bits per heavy atom. The first-order valence-electron chi connectivity index (χ1n) is 7.37. The highest BCUT2D eigenvalue weighted by molar-refractivity contribution is 5.80. The molecule has 2 heterocycles. The Hall–Kier alpha value is -3.34. The van der Waals surface area contributed by atoms with Crippen LogP contribution in [0.3, 0.4) is 0 Å². The van der Waals surface area contributed by atoms with Crippen LogP contribution in [0, 0.1) is 0 Å². The summed E-state index contributed by atoms with van der Waals surface area (Å²) in [4.78, 5) is 7.60. The third kappa shape index (κ3) is 2.72. The van der Waals surface area contributed by atoms with Gasteiger partial charge in [0, 0.05) is 11.9 Å². The van der Waals surface area contributed by atoms with E-state index in [0.29, 0.717) is 5.95 Å². The molecule has 2 aromatic heterocycles. The molecule has 0 aliphatic rings. The molecule has 0 spiro atoms. The normalized spacial score (nSPS) is 11.3. The highest BCUT2D eigenvalue weighted by Crippen LogP contribution is 2.14. The molecule has 2 N–H and O–H groups in total. The Morgan fingerprint density at radius 3 is 2.65 bits per heavy atom. The molecule has 0 saturated carbocycles. The van der Waals surface area contributed by atoms with Gasteiger partial charge >= 0.3 is 0 Å². The molecule has 0 saturated heterocycles. The molecule has 4 aromatic rings. The van der Waals surface area contributed by atoms with Crippen molar-refractivity contribution in [3.8, 4) is 5.69 Å². The van der Waals surface area contributed by atoms with Gasteiger partial charge in [0.1, 0.15) is 0 Å². The summed E-state index contributed by atoms with van der Waals surface area (Å²) < 4.78 is 2.07. The van der Waals surface area contributed by atoms with Gasteiger partial charge in [0.2, 0.25) is 5.95 Å². The molecule has 0 unspecified atom stereocenters. The zero-order chi connectivity index (χ0) is 15.5. The Bertz CT molecular complexity index is 917. The highest BCUT2D eigenvalue weighted by Gasteiger charge is 2.01. The Balaban J connectivity index is 1.54. The van der Waals surface area contributed by atoms with E-state index in [4.69, 9.17) is 0 Å². The van der Waals surface area contributed by atoms with Crippen molar-refractivity contribution in [2.75, 3.05) is 5.43 Å². The van der Waals surface area contributed by atoms with Gasteiger partial charge in [0.05, 0.1) is 22.9 Å². The highest BCUT2D eigenvalue weighted by atomic mass is 15.4. The van der Waals surface area contributed by atoms with Crippen molar-refractivity contribution in [3.63, 3.8) is 0 Å². The maximum atomic E-state index is 4.42. The van der Waals surface area contributed by atoms with E-state index >= 15 is 0 Å². The van der Waals surface area contributed by atoms with Gasteiger partial charge in [-0.1, -0.05) is 30.3 Å². The van der Waals surface area contributed by atoms with Gasteiger partial charge in [-0.3, -0.25) is 0 Å². The molecule has 0 amide bonds. The van der Waals surface area contributed by atoms with E-state index in [9.17, 15) is 0 Å². The Kier molecular flexibility index (Phi) is 3.37. The third-order valence-corrected chi connectivity index (χ3v) is 3.57. The van der Waals surface area contributed by atoms with Crippen LogP contribution in [0.1, 0.15) is 5.69 Å². The minimum absolute atomic E-state index is 0.625. The number of H-pyrrole nitrogens is 1. The molecule has 0 aliphatic heterocycles. The number of hydrogen-bond acceptors (Lipinski definition) is 3. The average molecular weight is 301 g/mol. The smallest absolute Gasteiger partial charge is 0.222 e. The molecular weight excluding hydrogens is 286 g/mol. The van der Waals surface area contributed by atoms with E-state index in [0.717, 1.165) is 22.4 Å². The Labute approximate surface area is 133 Å². The lowest BCUT2D eigenvalue weighted by Gasteiger charge is -2.05. The molecule has 0 aliphatic carbocycles. The number of hydrogen-bond donors (Lipinski definition) is 2. The third-order valence-electron chi connectivity index (χ3n) is 3.57. The topological polar surface area (TPSA) is 58.0 Å². The van der Waals surface area contributed by atoms with E-state index in [1.165, 1.54) is 0 Å². The fourth-order valence-corrected chi connectivity index (χ4v) is 2.49. The lowest BCUT2D eigenvalue weighted by atomic mass is 10.3. The molecule has 23 heavy (non-hydrogen) atoms. The van der Waals surface area contributed by atoms with Crippen molar-refractivity contribution in [3.05, 3.63) is 78.6 Å². The lowest BCUT2D eigenvalue weighted by Crippen LogP contribution is -1.99. The first-order chi connectivity index (χ1) is 11.4. The van der Waals surface area contributed by atoms with Crippen molar-refractivity contribution < 1.29 is 0 Å². The number of benzene rings is 2. The van der Waals surface area contributed by atoms with Gasteiger partial charge < -0.3 is 9.55 Å². The quantitative estimate of drug-likeness (QED) is 0.445. The maximum Gasteiger partial charge on any atom is 0.222 e. The van der Waals surface area contributed by atoms with Gasteiger partial charge in [-0.25, -0.2) is 10.4 Å². The molecule has 112 valence electrons. The van der Waals surface area contributed by atoms with Crippen LogP contribution in [0.2, 0.25) is 0 Å². The molecule has 4 rings (SSSR count). The van der Waals surface area contributed by atoms with E-state index in [2.05, 4.69) is 37.2 Å². The first kappa shape index (κ1) is 13.3. The minimum atomic E-state index is 0.625. The molecule has 5 heteroatoms. The van der Waals surface area contributed by atoms with Crippen molar-refractivity contribution in [1.82, 2.24) is 14.5 Å². The number of aromatic amines is 1. The number of fused-ring (bicyclic) bond motifs is 1. The number of rotatable bonds is 4. The number of nitrogens with one attached hydrogen (secondary N) is 2. The van der Waals surface area contributed by atoms with E-state index in [1.807, 2.05) is 60.8 Å². The zero-order valence-corrected chi connectivity index (χ0v) is 12.3. The van der Waals surface area contributed by atoms with Crippen molar-refractivity contribution >= 4 is 23.2 Å². The summed E-state index contributed by atoms with van der Waals surface area (Å²) in [5, 5.41) is 4.28. The van der Waals surface area contributed by atoms with Crippen LogP contribution in [0.25, 0.3) is 16.7 Å². The summed E-state index contributed by atoms with van der Waals surface area (Å²) >= 11 is 0. The van der Waals surface area contributed by atoms with Crippen LogP contribution < -0.4 is 5.43 Å². The number of para-hydroxylation sites is 3. The first-order valence-corrected chi connectivity index (χ1v) is 7.37. The predicted octanol–water partition coefficient (Wildman–Crippen LogP) is 3.80. The van der Waals surface area contributed by atoms with Crippen molar-refractivity contribution in [2.45, 2.75) is 0 Å². The Morgan fingerprint density at radius 2 is 1.78 bits per heavy atom. The second-order valence-electron chi connectivity index (χ2n) is 5.11. The van der Waals surface area contributed by atoms with Gasteiger partial charge in [-0.15, -0.1) is 0 Å². The van der Waals surface area contributed by atoms with Gasteiger partial charge in [-0.2, -0.15) is 5.10 Å². The average Bonchev–Trinajstić information content (AvgIpc) is 3.22. The number of imidazole rings is 1. The summed E-state index contributed by atoms with van der Waals surface area (Å²) in [7, 11) is 0. The van der Waals surface area contributed by atoms with Crippen LogP contribution in [-0.2, 0) is 0 Å². The molecule has 2 aromatic carbocycles. The summed E-state index contributed by atoms with van der Waals surface area (Å²) in [6.45, 7) is 0. The van der Waals surface area contributed by atoms with Crippen LogP contribution in [0.15, 0.2) is 78.0 Å². The summed E-state index contributed by atoms with van der Waals surface area (Å²) in [6.07, 6.45) is 3.79. The van der Waals surface area contributed by atoms with Crippen molar-refractivity contribution in [2.24, 2.45) is 5.10 Å². The molecule has 0 bridgehead atoms. The standard InChI is InChI=1S/C18H15N5/c1-2-7-14(8-3-1)23-12-6-9-15(23)13-19-22-18-20-16-10-4-5-11-17(16)21-18/h1-13H,(H2,20,21,22). The predicted molar refractivity (Wildman–Crippen MR) is 93.1 cm³/mol. The number of aromatic nitrogens is 3. The molecular formula is C18H15N5. The number of anilines is 1. The number of nitrogens with zero attached hydrogens (tertiary/aromatic N) is 3. The van der Waals surface area contributed by atoms with Crippen LogP contribution >= 0.6 is 0 Å². The number of hydrazone groups is 1. The van der Waals surface area contributed by atoms with Crippen LogP contribution in [0.4, 0.5) is 5.95 Å². The van der Waals surface area contributed by atoms with Gasteiger partial charge in [0.25, 0.3) is 0 Å². The fourth-order valence-electron chi connectivity index (χ4n) is 2.49. The van der Waals surface area contributed by atoms with Crippen LogP contribution in [0.5, 0.6) is 0 Å². The van der Waals surface area contributed by atoms with E-state index in [-0.39, 0.29) is 0 Å². The maximum absolute atomic E-state index is 4.42. The van der Waals surface area contributed by atoms with E-state index in [1.54, 1.807) is 6.21 Å². The molecule has 0 atom stereocenters. The molecule has 5 nitrogen and oxygen atoms in total. The van der Waals surface area contributed by atoms with Crippen molar-refractivity contribution in [1.29, 1.82) is 0 Å².